The summed E-state index contributed by atoms with van der Waals surface area (Å²) in [5.41, 5.74) is 10.2. The molecule has 6 nitrogen and oxygen atoms in total. The van der Waals surface area contributed by atoms with E-state index < -0.39 is 0 Å². The monoisotopic (exact) mass is 454 g/mol. The lowest BCUT2D eigenvalue weighted by atomic mass is 9.91. The van der Waals surface area contributed by atoms with Gasteiger partial charge in [-0.2, -0.15) is 0 Å². The van der Waals surface area contributed by atoms with Crippen LogP contribution in [-0.4, -0.2) is 43.6 Å². The zero-order valence-electron chi connectivity index (χ0n) is 18.3. The van der Waals surface area contributed by atoms with Crippen LogP contribution in [0.2, 0.25) is 0 Å². The molecular weight excluding hydrogens is 427 g/mol. The predicted octanol–water partition coefficient (Wildman–Crippen LogP) is 3.87. The molecule has 0 spiro atoms. The highest BCUT2D eigenvalue weighted by Gasteiger charge is 2.28. The van der Waals surface area contributed by atoms with E-state index >= 15 is 0 Å². The number of fused-ring (bicyclic) bond motifs is 2. The van der Waals surface area contributed by atoms with Crippen LogP contribution in [0, 0.1) is 25.6 Å². The predicted molar refractivity (Wildman–Crippen MR) is 127 cm³/mol. The number of anilines is 2. The Morgan fingerprint density at radius 2 is 2.09 bits per heavy atom. The molecule has 1 fully saturated rings. The van der Waals surface area contributed by atoms with E-state index in [1.54, 1.807) is 6.07 Å². The second kappa shape index (κ2) is 8.33. The van der Waals surface area contributed by atoms with Crippen molar-refractivity contribution >= 4 is 38.7 Å². The largest absolute Gasteiger partial charge is 0.493 e. The van der Waals surface area contributed by atoms with Gasteiger partial charge < -0.3 is 20.7 Å². The maximum Gasteiger partial charge on any atom is 0.175 e. The Labute approximate surface area is 190 Å². The Morgan fingerprint density at radius 1 is 1.31 bits per heavy atom. The van der Waals surface area contributed by atoms with Crippen LogP contribution < -0.4 is 20.7 Å². The average Bonchev–Trinajstić information content (AvgIpc) is 3.11. The van der Waals surface area contributed by atoms with E-state index in [1.165, 1.54) is 11.3 Å². The lowest BCUT2D eigenvalue weighted by Crippen LogP contribution is -2.43. The molecule has 5 rings (SSSR count). The molecule has 2 aliphatic heterocycles. The van der Waals surface area contributed by atoms with Crippen molar-refractivity contribution in [2.75, 3.05) is 43.4 Å². The molecule has 0 radical (unpaired) electrons. The number of ether oxygens (including phenoxy) is 1. The quantitative estimate of drug-likeness (QED) is 0.583. The first-order valence-electron chi connectivity index (χ1n) is 11.0. The van der Waals surface area contributed by atoms with Gasteiger partial charge in [-0.15, -0.1) is 11.3 Å². The number of aryl methyl sites for hydroxylation is 2. The van der Waals surface area contributed by atoms with E-state index in [9.17, 15) is 9.18 Å². The van der Waals surface area contributed by atoms with Crippen LogP contribution in [0.4, 0.5) is 15.8 Å². The number of hydrogen-bond donors (Lipinski definition) is 2. The zero-order chi connectivity index (χ0) is 22.4. The molecule has 32 heavy (non-hydrogen) atoms. The normalized spacial score (nSPS) is 18.5. The van der Waals surface area contributed by atoms with Crippen molar-refractivity contribution in [1.82, 2.24) is 10.3 Å². The maximum absolute atomic E-state index is 15.0. The fraction of sp³-hybridized carbons (Fsp3) is 0.417. The van der Waals surface area contributed by atoms with Gasteiger partial charge in [0, 0.05) is 66.9 Å². The number of aromatic nitrogens is 1. The van der Waals surface area contributed by atoms with Crippen molar-refractivity contribution < 1.29 is 13.9 Å². The van der Waals surface area contributed by atoms with Crippen LogP contribution >= 0.6 is 11.3 Å². The lowest BCUT2D eigenvalue weighted by molar-refractivity contribution is 0.0938. The molecule has 1 aromatic carbocycles. The molecule has 0 amide bonds. The van der Waals surface area contributed by atoms with Gasteiger partial charge in [-0.25, -0.2) is 9.37 Å². The van der Waals surface area contributed by atoms with Crippen molar-refractivity contribution in [1.29, 1.82) is 0 Å². The van der Waals surface area contributed by atoms with Crippen LogP contribution in [0.5, 0.6) is 5.75 Å². The number of carbonyl (C=O) groups excluding carboxylic acids is 1. The summed E-state index contributed by atoms with van der Waals surface area (Å²) in [6.07, 6.45) is 0.753. The van der Waals surface area contributed by atoms with Crippen molar-refractivity contribution in [3.05, 3.63) is 45.7 Å². The standard InChI is InChI=1S/C24H27FN4O2S/c1-13-7-14(2)28-24-21(13)22(26)23(32-24)19(30)9-15-8-17-18(25)10-16(11-20(17)31-12-15)29-5-3-27-4-6-29/h7,10-11,15,27H,3-6,8-9,12,26H2,1-2H3/t15-/m0/s1. The maximum atomic E-state index is 15.0. The summed E-state index contributed by atoms with van der Waals surface area (Å²) in [5, 5.41) is 4.17. The number of nitrogens with two attached hydrogens (primary N) is 1. The molecule has 2 aromatic heterocycles. The molecule has 0 unspecified atom stereocenters. The summed E-state index contributed by atoms with van der Waals surface area (Å²) in [7, 11) is 0. The van der Waals surface area contributed by atoms with Crippen molar-refractivity contribution in [3.8, 4) is 5.75 Å². The van der Waals surface area contributed by atoms with Crippen molar-refractivity contribution in [2.24, 2.45) is 5.92 Å². The second-order valence-corrected chi connectivity index (χ2v) is 9.75. The van der Waals surface area contributed by atoms with Crippen LogP contribution in [0.3, 0.4) is 0 Å². The number of pyridine rings is 1. The lowest BCUT2D eigenvalue weighted by Gasteiger charge is -2.31. The zero-order valence-corrected chi connectivity index (χ0v) is 19.2. The molecule has 3 N–H and O–H groups in total. The Morgan fingerprint density at radius 3 is 2.88 bits per heavy atom. The summed E-state index contributed by atoms with van der Waals surface area (Å²) < 4.78 is 20.9. The van der Waals surface area contributed by atoms with Gasteiger partial charge in [-0.05, 0) is 38.0 Å². The Bertz CT molecular complexity index is 1200. The van der Waals surface area contributed by atoms with Crippen molar-refractivity contribution in [2.45, 2.75) is 26.7 Å². The number of rotatable bonds is 4. The van der Waals surface area contributed by atoms with Crippen LogP contribution in [-0.2, 0) is 6.42 Å². The number of benzene rings is 1. The molecule has 8 heteroatoms. The highest BCUT2D eigenvalue weighted by molar-refractivity contribution is 7.21. The van der Waals surface area contributed by atoms with E-state index in [2.05, 4.69) is 15.2 Å². The van der Waals surface area contributed by atoms with E-state index in [4.69, 9.17) is 10.5 Å². The third-order valence-corrected chi connectivity index (χ3v) is 7.48. The highest BCUT2D eigenvalue weighted by Crippen LogP contribution is 2.38. The van der Waals surface area contributed by atoms with Gasteiger partial charge in [-0.1, -0.05) is 0 Å². The average molecular weight is 455 g/mol. The summed E-state index contributed by atoms with van der Waals surface area (Å²) in [4.78, 5) is 21.1. The molecule has 1 saturated heterocycles. The minimum atomic E-state index is -0.259. The molecule has 0 saturated carbocycles. The van der Waals surface area contributed by atoms with Gasteiger partial charge in [0.2, 0.25) is 0 Å². The van der Waals surface area contributed by atoms with Gasteiger partial charge in [-0.3, -0.25) is 4.79 Å². The highest BCUT2D eigenvalue weighted by atomic mass is 32.1. The minimum absolute atomic E-state index is 0.0301. The number of ketones is 1. The van der Waals surface area contributed by atoms with Gasteiger partial charge in [0.1, 0.15) is 16.4 Å². The summed E-state index contributed by atoms with van der Waals surface area (Å²) >= 11 is 1.34. The third-order valence-electron chi connectivity index (χ3n) is 6.34. The smallest absolute Gasteiger partial charge is 0.175 e. The third kappa shape index (κ3) is 3.82. The number of Topliss-reactive ketones (excluding diaryl/α,β-unsaturated/α-hetero) is 1. The fourth-order valence-corrected chi connectivity index (χ4v) is 5.91. The first-order chi connectivity index (χ1) is 15.4. The number of nitrogen functional groups attached to an aromatic ring is 1. The molecule has 3 aromatic rings. The van der Waals surface area contributed by atoms with Crippen LogP contribution in [0.25, 0.3) is 10.2 Å². The first-order valence-corrected chi connectivity index (χ1v) is 11.8. The van der Waals surface area contributed by atoms with Gasteiger partial charge >= 0.3 is 0 Å². The number of thiophene rings is 1. The first kappa shape index (κ1) is 21.2. The number of carbonyl (C=O) groups is 1. The van der Waals surface area contributed by atoms with Crippen LogP contribution in [0.1, 0.15) is 32.9 Å². The summed E-state index contributed by atoms with van der Waals surface area (Å²) in [6.45, 7) is 7.78. The van der Waals surface area contributed by atoms with Gasteiger partial charge in [0.15, 0.2) is 5.78 Å². The Balaban J connectivity index is 1.34. The Hall–Kier alpha value is -2.71. The van der Waals surface area contributed by atoms with Crippen LogP contribution in [0.15, 0.2) is 18.2 Å². The number of nitrogens with one attached hydrogen (secondary N) is 1. The summed E-state index contributed by atoms with van der Waals surface area (Å²) in [6, 6.07) is 5.50. The van der Waals surface area contributed by atoms with Crippen molar-refractivity contribution in [3.63, 3.8) is 0 Å². The molecule has 0 aliphatic carbocycles. The van der Waals surface area contributed by atoms with E-state index in [0.717, 1.165) is 53.3 Å². The molecular formula is C24H27FN4O2S. The summed E-state index contributed by atoms with van der Waals surface area (Å²) in [5.74, 6) is 0.219. The molecule has 1 atom stereocenters. The van der Waals surface area contributed by atoms with E-state index in [-0.39, 0.29) is 23.9 Å². The van der Waals surface area contributed by atoms with Gasteiger partial charge in [0.05, 0.1) is 17.2 Å². The molecule has 2 aliphatic rings. The van der Waals surface area contributed by atoms with E-state index in [0.29, 0.717) is 34.9 Å². The van der Waals surface area contributed by atoms with E-state index in [1.807, 2.05) is 26.0 Å². The Kier molecular flexibility index (Phi) is 5.51. The topological polar surface area (TPSA) is 80.5 Å². The molecule has 0 bridgehead atoms. The number of nitrogens with zero attached hydrogens (tertiary/aromatic N) is 2. The number of halogens is 1. The second-order valence-electron chi connectivity index (χ2n) is 8.76. The number of piperazine rings is 1. The minimum Gasteiger partial charge on any atom is -0.493 e. The number of hydrogen-bond acceptors (Lipinski definition) is 7. The molecule has 168 valence electrons. The fourth-order valence-electron chi connectivity index (χ4n) is 4.75. The SMILES string of the molecule is Cc1cc(C)c2c(N)c(C(=O)C[C@H]3COc4cc(N5CCNCC5)cc(F)c4C3)sc2n1. The molecule has 4 heterocycles. The van der Waals surface area contributed by atoms with Gasteiger partial charge in [0.25, 0.3) is 0 Å².